The number of nitrogens with zero attached hydrogens (tertiary/aromatic N) is 1. The summed E-state index contributed by atoms with van der Waals surface area (Å²) in [6.07, 6.45) is 1.94. The number of aliphatic imine (C=N–C) groups is 1. The summed E-state index contributed by atoms with van der Waals surface area (Å²) in [5.74, 6) is -0.406. The summed E-state index contributed by atoms with van der Waals surface area (Å²) in [6, 6.07) is 7.01. The van der Waals surface area contributed by atoms with E-state index in [1.165, 1.54) is 6.21 Å². The molecule has 0 saturated carbocycles. The van der Waals surface area contributed by atoms with E-state index in [2.05, 4.69) is 4.99 Å². The van der Waals surface area contributed by atoms with Gasteiger partial charge < -0.3 is 21.2 Å². The van der Waals surface area contributed by atoms with Gasteiger partial charge in [0.1, 0.15) is 0 Å². The Kier molecular flexibility index (Phi) is 4.00. The van der Waals surface area contributed by atoms with Gasteiger partial charge in [0.05, 0.1) is 12.0 Å². The van der Waals surface area contributed by atoms with E-state index in [1.807, 2.05) is 0 Å². The molecule has 0 radical (unpaired) electrons. The molecule has 4 nitrogen and oxygen atoms in total. The first kappa shape index (κ1) is 11.4. The molecule has 0 aliphatic heterocycles. The van der Waals surface area contributed by atoms with Crippen molar-refractivity contribution in [3.63, 3.8) is 0 Å². The zero-order valence-corrected chi connectivity index (χ0v) is 8.59. The number of hydrogen-bond donors (Lipinski definition) is 3. The molecule has 1 aromatic carbocycles. The lowest BCUT2D eigenvalue weighted by Gasteiger charge is -2.15. The largest absolute Gasteiger partial charge is 0.399 e. The first-order chi connectivity index (χ1) is 7.19. The Bertz CT molecular complexity index is 363. The molecule has 0 aliphatic carbocycles. The van der Waals surface area contributed by atoms with Gasteiger partial charge in [0.15, 0.2) is 0 Å². The van der Waals surface area contributed by atoms with Gasteiger partial charge in [-0.15, -0.1) is 0 Å². The molecule has 0 aromatic heterocycles. The number of rotatable bonds is 4. The van der Waals surface area contributed by atoms with E-state index in [4.69, 9.17) is 11.1 Å². The minimum absolute atomic E-state index is 0.406. The van der Waals surface area contributed by atoms with Crippen LogP contribution < -0.4 is 5.73 Å². The van der Waals surface area contributed by atoms with Crippen molar-refractivity contribution in [3.05, 3.63) is 29.8 Å². The normalized spacial score (nSPS) is 15.1. The molecule has 1 aromatic rings. The van der Waals surface area contributed by atoms with Crippen LogP contribution in [0.2, 0.25) is 0 Å². The molecule has 0 heterocycles. The van der Waals surface area contributed by atoms with Gasteiger partial charge >= 0.3 is 0 Å². The van der Waals surface area contributed by atoms with Gasteiger partial charge in [0.25, 0.3) is 0 Å². The molecule has 4 heteroatoms. The Morgan fingerprint density at radius 3 is 2.80 bits per heavy atom. The Labute approximate surface area is 89.0 Å². The lowest BCUT2D eigenvalue weighted by atomic mass is 9.97. The van der Waals surface area contributed by atoms with Crippen molar-refractivity contribution in [3.8, 4) is 0 Å². The van der Waals surface area contributed by atoms with Gasteiger partial charge in [-0.25, -0.2) is 0 Å². The number of nitrogen functional groups attached to an aromatic ring is 1. The summed E-state index contributed by atoms with van der Waals surface area (Å²) >= 11 is 0. The number of nitrogens with one attached hydrogen (secondary N) is 1. The minimum Gasteiger partial charge on any atom is -0.399 e. The molecule has 0 spiro atoms. The highest BCUT2D eigenvalue weighted by Gasteiger charge is 2.16. The molecule has 0 amide bonds. The summed E-state index contributed by atoms with van der Waals surface area (Å²) in [6.45, 7) is 0. The maximum Gasteiger partial charge on any atom is 0.0917 e. The maximum atomic E-state index is 9.94. The Morgan fingerprint density at radius 1 is 1.53 bits per heavy atom. The summed E-state index contributed by atoms with van der Waals surface area (Å²) in [7, 11) is 1.61. The third kappa shape index (κ3) is 2.89. The van der Waals surface area contributed by atoms with Crippen LogP contribution in [0.1, 0.15) is 11.7 Å². The van der Waals surface area contributed by atoms with E-state index in [0.717, 1.165) is 0 Å². The van der Waals surface area contributed by atoms with E-state index in [1.54, 1.807) is 37.5 Å². The molecular formula is C11H15N3O. The van der Waals surface area contributed by atoms with Gasteiger partial charge in [-0.2, -0.15) is 0 Å². The van der Waals surface area contributed by atoms with Gasteiger partial charge in [-0.05, 0) is 17.7 Å². The monoisotopic (exact) mass is 205 g/mol. The van der Waals surface area contributed by atoms with Crippen molar-refractivity contribution in [1.29, 1.82) is 5.41 Å². The predicted molar refractivity (Wildman–Crippen MR) is 62.5 cm³/mol. The molecule has 2 unspecified atom stereocenters. The fraction of sp³-hybridized carbons (Fsp3) is 0.273. The minimum atomic E-state index is -0.769. The van der Waals surface area contributed by atoms with Crippen LogP contribution in [0.4, 0.5) is 5.69 Å². The van der Waals surface area contributed by atoms with Crippen LogP contribution in [0.25, 0.3) is 0 Å². The van der Waals surface area contributed by atoms with Crippen LogP contribution in [-0.2, 0) is 0 Å². The number of aliphatic hydroxyl groups is 1. The molecule has 15 heavy (non-hydrogen) atoms. The second-order valence-electron chi connectivity index (χ2n) is 3.27. The average molecular weight is 205 g/mol. The maximum absolute atomic E-state index is 9.94. The first-order valence-electron chi connectivity index (χ1n) is 4.65. The lowest BCUT2D eigenvalue weighted by Crippen LogP contribution is -2.15. The van der Waals surface area contributed by atoms with Gasteiger partial charge in [0, 0.05) is 25.2 Å². The van der Waals surface area contributed by atoms with Crippen molar-refractivity contribution in [1.82, 2.24) is 0 Å². The van der Waals surface area contributed by atoms with Crippen LogP contribution in [-0.4, -0.2) is 24.6 Å². The molecule has 1 rings (SSSR count). The molecule has 0 aliphatic rings. The van der Waals surface area contributed by atoms with E-state index < -0.39 is 12.0 Å². The van der Waals surface area contributed by atoms with Crippen molar-refractivity contribution >= 4 is 18.1 Å². The topological polar surface area (TPSA) is 82.5 Å². The Hall–Kier alpha value is -1.68. The zero-order chi connectivity index (χ0) is 11.3. The number of nitrogens with two attached hydrogens (primary N) is 1. The first-order valence-corrected chi connectivity index (χ1v) is 4.65. The van der Waals surface area contributed by atoms with Crippen LogP contribution in [0, 0.1) is 11.3 Å². The van der Waals surface area contributed by atoms with Crippen LogP contribution >= 0.6 is 0 Å². The summed E-state index contributed by atoms with van der Waals surface area (Å²) < 4.78 is 0. The highest BCUT2D eigenvalue weighted by Crippen LogP contribution is 2.21. The van der Waals surface area contributed by atoms with Crippen molar-refractivity contribution in [2.24, 2.45) is 10.9 Å². The van der Waals surface area contributed by atoms with Gasteiger partial charge in [-0.3, -0.25) is 0 Å². The fourth-order valence-corrected chi connectivity index (χ4v) is 1.35. The van der Waals surface area contributed by atoms with E-state index in [-0.39, 0.29) is 0 Å². The van der Waals surface area contributed by atoms with Gasteiger partial charge in [0.2, 0.25) is 0 Å². The third-order valence-electron chi connectivity index (χ3n) is 2.13. The van der Waals surface area contributed by atoms with E-state index >= 15 is 0 Å². The van der Waals surface area contributed by atoms with Crippen molar-refractivity contribution < 1.29 is 5.11 Å². The third-order valence-corrected chi connectivity index (χ3v) is 2.13. The van der Waals surface area contributed by atoms with Crippen LogP contribution in [0.5, 0.6) is 0 Å². The second-order valence-corrected chi connectivity index (χ2v) is 3.27. The SMILES string of the molecule is CN=CC(C=N)C(O)c1cccc(N)c1. The van der Waals surface area contributed by atoms with Crippen molar-refractivity contribution in [2.75, 3.05) is 12.8 Å². The highest BCUT2D eigenvalue weighted by molar-refractivity contribution is 5.83. The molecule has 2 atom stereocenters. The fourth-order valence-electron chi connectivity index (χ4n) is 1.35. The Morgan fingerprint density at radius 2 is 2.27 bits per heavy atom. The Balaban J connectivity index is 2.91. The number of benzene rings is 1. The van der Waals surface area contributed by atoms with Crippen LogP contribution in [0.3, 0.4) is 0 Å². The summed E-state index contributed by atoms with van der Waals surface area (Å²) in [5.41, 5.74) is 6.91. The molecule has 0 fully saturated rings. The summed E-state index contributed by atoms with van der Waals surface area (Å²) in [5, 5.41) is 17.1. The molecule has 4 N–H and O–H groups in total. The number of aliphatic hydroxyl groups excluding tert-OH is 1. The zero-order valence-electron chi connectivity index (χ0n) is 8.59. The van der Waals surface area contributed by atoms with E-state index in [0.29, 0.717) is 11.3 Å². The number of anilines is 1. The predicted octanol–water partition coefficient (Wildman–Crippen LogP) is 1.27. The molecule has 0 bridgehead atoms. The van der Waals surface area contributed by atoms with Gasteiger partial charge in [-0.1, -0.05) is 12.1 Å². The average Bonchev–Trinajstić information content (AvgIpc) is 2.25. The molecule has 0 saturated heterocycles. The molecular weight excluding hydrogens is 190 g/mol. The summed E-state index contributed by atoms with van der Waals surface area (Å²) in [4.78, 5) is 3.81. The quantitative estimate of drug-likeness (QED) is 0.511. The lowest BCUT2D eigenvalue weighted by molar-refractivity contribution is 0.167. The smallest absolute Gasteiger partial charge is 0.0917 e. The standard InChI is InChI=1S/C11H15N3O/c1-14-7-9(6-12)11(15)8-3-2-4-10(13)5-8/h2-7,9,11-12,15H,13H2,1H3. The van der Waals surface area contributed by atoms with Crippen molar-refractivity contribution in [2.45, 2.75) is 6.10 Å². The molecule has 80 valence electrons. The number of hydrogen-bond acceptors (Lipinski definition) is 4. The highest BCUT2D eigenvalue weighted by atomic mass is 16.3. The van der Waals surface area contributed by atoms with Crippen LogP contribution in [0.15, 0.2) is 29.3 Å². The second kappa shape index (κ2) is 5.26. The van der Waals surface area contributed by atoms with E-state index in [9.17, 15) is 5.11 Å².